The minimum atomic E-state index is -4.52. The zero-order valence-electron chi connectivity index (χ0n) is 24.8. The molecule has 0 aliphatic heterocycles. The Balaban J connectivity index is 1.63. The molecule has 0 aliphatic carbocycles. The highest BCUT2D eigenvalue weighted by Crippen LogP contribution is 2.38. The first-order chi connectivity index (χ1) is 19.2. The van der Waals surface area contributed by atoms with E-state index in [0.29, 0.717) is 26.0 Å². The summed E-state index contributed by atoms with van der Waals surface area (Å²) in [6.45, 7) is 14.1. The first kappa shape index (κ1) is 31.8. The average Bonchev–Trinajstić information content (AvgIpc) is 3.38. The molecular formula is C33H40F3N3O2. The van der Waals surface area contributed by atoms with Crippen molar-refractivity contribution in [3.05, 3.63) is 82.7 Å². The Bertz CT molecular complexity index is 1400. The maximum Gasteiger partial charge on any atom is 0.416 e. The minimum Gasteiger partial charge on any atom is -0.493 e. The monoisotopic (exact) mass is 567 g/mol. The van der Waals surface area contributed by atoms with Crippen molar-refractivity contribution in [1.29, 1.82) is 5.26 Å². The highest BCUT2D eigenvalue weighted by Gasteiger charge is 2.31. The number of aromatic nitrogens is 1. The SMILES string of the molecule is CCC(C)(C)c1ccc(OCCCCNC(=O)c2c(C#N)ccn2-c2cccc(C(F)(F)F)c2)c(C(C)(C)CC)c1. The van der Waals surface area contributed by atoms with Gasteiger partial charge in [0.2, 0.25) is 0 Å². The van der Waals surface area contributed by atoms with Gasteiger partial charge >= 0.3 is 6.18 Å². The number of carbonyl (C=O) groups excluding carboxylic acids is 1. The molecule has 0 atom stereocenters. The Hall–Kier alpha value is -3.73. The molecule has 0 radical (unpaired) electrons. The van der Waals surface area contributed by atoms with Crippen molar-refractivity contribution in [3.63, 3.8) is 0 Å². The van der Waals surface area contributed by atoms with Crippen LogP contribution in [0, 0.1) is 11.3 Å². The van der Waals surface area contributed by atoms with Crippen molar-refractivity contribution < 1.29 is 22.7 Å². The molecule has 8 heteroatoms. The number of nitriles is 1. The van der Waals surface area contributed by atoms with E-state index in [1.165, 1.54) is 40.1 Å². The van der Waals surface area contributed by atoms with Crippen LogP contribution in [0.15, 0.2) is 54.7 Å². The quantitative estimate of drug-likeness (QED) is 0.224. The maximum absolute atomic E-state index is 13.2. The van der Waals surface area contributed by atoms with Gasteiger partial charge in [-0.15, -0.1) is 0 Å². The van der Waals surface area contributed by atoms with E-state index in [2.05, 4.69) is 65.1 Å². The zero-order chi connectivity index (χ0) is 30.4. The van der Waals surface area contributed by atoms with Gasteiger partial charge < -0.3 is 14.6 Å². The van der Waals surface area contributed by atoms with E-state index >= 15 is 0 Å². The van der Waals surface area contributed by atoms with E-state index < -0.39 is 17.6 Å². The number of carbonyl (C=O) groups is 1. The predicted octanol–water partition coefficient (Wildman–Crippen LogP) is 8.33. The third-order valence-corrected chi connectivity index (χ3v) is 8.05. The molecule has 1 N–H and O–H groups in total. The fourth-order valence-corrected chi connectivity index (χ4v) is 4.50. The van der Waals surface area contributed by atoms with E-state index in [1.807, 2.05) is 6.07 Å². The van der Waals surface area contributed by atoms with Crippen LogP contribution < -0.4 is 10.1 Å². The molecule has 0 bridgehead atoms. The second-order valence-corrected chi connectivity index (χ2v) is 11.6. The van der Waals surface area contributed by atoms with Crippen LogP contribution in [0.2, 0.25) is 0 Å². The molecule has 220 valence electrons. The summed E-state index contributed by atoms with van der Waals surface area (Å²) in [5.41, 5.74) is 1.91. The highest BCUT2D eigenvalue weighted by molar-refractivity contribution is 5.95. The van der Waals surface area contributed by atoms with E-state index in [-0.39, 0.29) is 27.8 Å². The van der Waals surface area contributed by atoms with Crippen molar-refractivity contribution in [2.75, 3.05) is 13.2 Å². The van der Waals surface area contributed by atoms with Crippen LogP contribution >= 0.6 is 0 Å². The Morgan fingerprint density at radius 2 is 1.66 bits per heavy atom. The highest BCUT2D eigenvalue weighted by atomic mass is 19.4. The normalized spacial score (nSPS) is 12.2. The molecule has 1 aromatic heterocycles. The standard InChI is InChI=1S/C33H40F3N3O2/c1-7-31(3,4)24-14-15-28(27(21-24)32(5,6)8-2)41-19-10-9-17-38-30(40)29-23(22-37)16-18-39(29)26-13-11-12-25(20-26)33(34,35)36/h11-16,18,20-21H,7-10,17,19H2,1-6H3,(H,38,40). The fraction of sp³-hybridized carbons (Fsp3) is 0.455. The van der Waals surface area contributed by atoms with Crippen LogP contribution in [0.1, 0.15) is 100.0 Å². The van der Waals surface area contributed by atoms with Crippen LogP contribution in [0.3, 0.4) is 0 Å². The molecule has 3 aromatic rings. The summed E-state index contributed by atoms with van der Waals surface area (Å²) in [4.78, 5) is 13.0. The molecule has 0 fully saturated rings. The molecule has 2 aromatic carbocycles. The van der Waals surface area contributed by atoms with Gasteiger partial charge in [-0.05, 0) is 72.4 Å². The van der Waals surface area contributed by atoms with Crippen molar-refractivity contribution in [2.24, 2.45) is 0 Å². The van der Waals surface area contributed by atoms with Crippen LogP contribution in [0.25, 0.3) is 5.69 Å². The molecule has 5 nitrogen and oxygen atoms in total. The predicted molar refractivity (Wildman–Crippen MR) is 156 cm³/mol. The molecule has 3 rings (SSSR count). The summed E-state index contributed by atoms with van der Waals surface area (Å²) in [7, 11) is 0. The van der Waals surface area contributed by atoms with E-state index in [4.69, 9.17) is 4.74 Å². The number of nitrogens with zero attached hydrogens (tertiary/aromatic N) is 2. The number of unbranched alkanes of at least 4 members (excludes halogenated alkanes) is 1. The lowest BCUT2D eigenvalue weighted by atomic mass is 9.76. The number of nitrogens with one attached hydrogen (secondary N) is 1. The summed E-state index contributed by atoms with van der Waals surface area (Å²) in [5.74, 6) is 0.347. The first-order valence-electron chi connectivity index (χ1n) is 14.1. The van der Waals surface area contributed by atoms with Gasteiger partial charge in [0, 0.05) is 24.0 Å². The van der Waals surface area contributed by atoms with Gasteiger partial charge in [-0.1, -0.05) is 59.7 Å². The summed E-state index contributed by atoms with van der Waals surface area (Å²) in [6.07, 6.45) is 0.231. The van der Waals surface area contributed by atoms with Gasteiger partial charge in [0.15, 0.2) is 0 Å². The molecule has 41 heavy (non-hydrogen) atoms. The molecule has 0 saturated carbocycles. The second-order valence-electron chi connectivity index (χ2n) is 11.6. The summed E-state index contributed by atoms with van der Waals surface area (Å²) >= 11 is 0. The number of benzene rings is 2. The van der Waals surface area contributed by atoms with Gasteiger partial charge in [-0.25, -0.2) is 0 Å². The fourth-order valence-electron chi connectivity index (χ4n) is 4.50. The lowest BCUT2D eigenvalue weighted by Gasteiger charge is -2.30. The van der Waals surface area contributed by atoms with Crippen molar-refractivity contribution in [2.45, 2.75) is 84.2 Å². The van der Waals surface area contributed by atoms with Crippen LogP contribution in [0.4, 0.5) is 13.2 Å². The lowest BCUT2D eigenvalue weighted by Crippen LogP contribution is -2.27. The van der Waals surface area contributed by atoms with Gasteiger partial charge in [-0.2, -0.15) is 18.4 Å². The van der Waals surface area contributed by atoms with Gasteiger partial charge in [0.05, 0.1) is 17.7 Å². The number of amides is 1. The Labute approximate surface area is 241 Å². The smallest absolute Gasteiger partial charge is 0.416 e. The molecule has 0 aliphatic rings. The molecule has 0 unspecified atom stereocenters. The number of rotatable bonds is 12. The Morgan fingerprint density at radius 3 is 2.29 bits per heavy atom. The molecular weight excluding hydrogens is 527 g/mol. The molecule has 0 saturated heterocycles. The van der Waals surface area contributed by atoms with E-state index in [1.54, 1.807) is 0 Å². The zero-order valence-corrected chi connectivity index (χ0v) is 24.8. The van der Waals surface area contributed by atoms with Crippen LogP contribution in [-0.4, -0.2) is 23.6 Å². The van der Waals surface area contributed by atoms with Crippen molar-refractivity contribution in [3.8, 4) is 17.5 Å². The largest absolute Gasteiger partial charge is 0.493 e. The van der Waals surface area contributed by atoms with E-state index in [9.17, 15) is 23.2 Å². The number of hydrogen-bond acceptors (Lipinski definition) is 3. The summed E-state index contributed by atoms with van der Waals surface area (Å²) < 4.78 is 47.2. The van der Waals surface area contributed by atoms with Gasteiger partial charge in [0.1, 0.15) is 17.5 Å². The van der Waals surface area contributed by atoms with E-state index in [0.717, 1.165) is 30.7 Å². The number of alkyl halides is 3. The summed E-state index contributed by atoms with van der Waals surface area (Å²) in [5, 5.41) is 12.3. The summed E-state index contributed by atoms with van der Waals surface area (Å²) in [6, 6.07) is 14.5. The third-order valence-electron chi connectivity index (χ3n) is 8.05. The van der Waals surface area contributed by atoms with Gasteiger partial charge in [0.25, 0.3) is 5.91 Å². The maximum atomic E-state index is 13.2. The number of ether oxygens (including phenoxy) is 1. The minimum absolute atomic E-state index is 0.00427. The number of hydrogen-bond donors (Lipinski definition) is 1. The molecule has 0 spiro atoms. The van der Waals surface area contributed by atoms with Crippen LogP contribution in [0.5, 0.6) is 5.75 Å². The Morgan fingerprint density at radius 1 is 0.951 bits per heavy atom. The van der Waals surface area contributed by atoms with Crippen molar-refractivity contribution >= 4 is 5.91 Å². The second kappa shape index (κ2) is 12.8. The first-order valence-corrected chi connectivity index (χ1v) is 14.1. The molecule has 1 amide bonds. The topological polar surface area (TPSA) is 67.0 Å². The van der Waals surface area contributed by atoms with Gasteiger partial charge in [-0.3, -0.25) is 4.79 Å². The Kier molecular flexibility index (Phi) is 9.96. The third kappa shape index (κ3) is 7.52. The lowest BCUT2D eigenvalue weighted by molar-refractivity contribution is -0.137. The molecule has 1 heterocycles. The van der Waals surface area contributed by atoms with Crippen molar-refractivity contribution in [1.82, 2.24) is 9.88 Å². The van der Waals surface area contributed by atoms with Crippen LogP contribution in [-0.2, 0) is 17.0 Å². The number of halogens is 3. The average molecular weight is 568 g/mol.